The second-order valence-corrected chi connectivity index (χ2v) is 9.92. The van der Waals surface area contributed by atoms with Crippen LogP contribution in [0.25, 0.3) is 6.08 Å². The number of carbonyl (C=O) groups is 2. The molecule has 1 amide bonds. The summed E-state index contributed by atoms with van der Waals surface area (Å²) in [5.41, 5.74) is 2.91. The van der Waals surface area contributed by atoms with E-state index in [1.807, 2.05) is 0 Å². The molecule has 0 fully saturated rings. The molecule has 0 bridgehead atoms. The zero-order valence-corrected chi connectivity index (χ0v) is 22.2. The average molecular weight is 546 g/mol. The van der Waals surface area contributed by atoms with Crippen molar-refractivity contribution >= 4 is 57.5 Å². The van der Waals surface area contributed by atoms with E-state index in [9.17, 15) is 9.59 Å². The second kappa shape index (κ2) is 11.8. The molecule has 1 N–H and O–H groups in total. The summed E-state index contributed by atoms with van der Waals surface area (Å²) in [5.74, 6) is 0.282. The molecule has 36 heavy (non-hydrogen) atoms. The van der Waals surface area contributed by atoms with Crippen molar-refractivity contribution in [2.75, 3.05) is 19.0 Å². The minimum absolute atomic E-state index is 0.181. The first-order valence-electron chi connectivity index (χ1n) is 11.5. The molecular weight excluding hydrogens is 521 g/mol. The average Bonchev–Trinajstić information content (AvgIpc) is 3.43. The van der Waals surface area contributed by atoms with Crippen LogP contribution < -0.4 is 14.8 Å². The molecule has 0 atom stereocenters. The summed E-state index contributed by atoms with van der Waals surface area (Å²) in [6.45, 7) is 2.23. The quantitative estimate of drug-likeness (QED) is 0.232. The third-order valence-corrected chi connectivity index (χ3v) is 7.60. The minimum Gasteiger partial charge on any atom is -0.493 e. The molecule has 1 aliphatic carbocycles. The number of halogens is 2. The second-order valence-electron chi connectivity index (χ2n) is 8.00. The molecule has 0 unspecified atom stereocenters. The molecule has 0 spiro atoms. The van der Waals surface area contributed by atoms with Gasteiger partial charge in [0.2, 0.25) is 5.91 Å². The van der Waals surface area contributed by atoms with Crippen molar-refractivity contribution < 1.29 is 23.8 Å². The monoisotopic (exact) mass is 545 g/mol. The smallest absolute Gasteiger partial charge is 0.341 e. The number of anilines is 1. The van der Waals surface area contributed by atoms with Crippen molar-refractivity contribution in [3.8, 4) is 11.5 Å². The predicted molar refractivity (Wildman–Crippen MR) is 144 cm³/mol. The number of hydrogen-bond acceptors (Lipinski definition) is 6. The Bertz CT molecular complexity index is 1300. The minimum atomic E-state index is -0.394. The van der Waals surface area contributed by atoms with Gasteiger partial charge >= 0.3 is 5.97 Å². The van der Waals surface area contributed by atoms with Crippen molar-refractivity contribution in [1.29, 1.82) is 0 Å². The summed E-state index contributed by atoms with van der Waals surface area (Å²) in [7, 11) is 1.54. The number of amides is 1. The van der Waals surface area contributed by atoms with Gasteiger partial charge in [0.25, 0.3) is 0 Å². The predicted octanol–water partition coefficient (Wildman–Crippen LogP) is 6.96. The maximum Gasteiger partial charge on any atom is 0.341 e. The lowest BCUT2D eigenvalue weighted by Crippen LogP contribution is -2.13. The van der Waals surface area contributed by atoms with Crippen molar-refractivity contribution in [3.05, 3.63) is 79.7 Å². The molecule has 188 valence electrons. The van der Waals surface area contributed by atoms with E-state index in [4.69, 9.17) is 37.4 Å². The Kier molecular flexibility index (Phi) is 8.56. The Morgan fingerprint density at radius 1 is 1.11 bits per heavy atom. The van der Waals surface area contributed by atoms with E-state index in [2.05, 4.69) is 5.32 Å². The zero-order chi connectivity index (χ0) is 25.7. The third kappa shape index (κ3) is 5.86. The van der Waals surface area contributed by atoms with E-state index < -0.39 is 5.97 Å². The van der Waals surface area contributed by atoms with E-state index in [1.165, 1.54) is 24.5 Å². The van der Waals surface area contributed by atoms with Crippen LogP contribution in [0.4, 0.5) is 5.00 Å². The Morgan fingerprint density at radius 3 is 2.61 bits per heavy atom. The molecule has 1 aromatic heterocycles. The number of hydrogen-bond donors (Lipinski definition) is 1. The molecule has 9 heteroatoms. The summed E-state index contributed by atoms with van der Waals surface area (Å²) in [4.78, 5) is 26.3. The Balaban J connectivity index is 1.45. The molecule has 0 aliphatic heterocycles. The highest BCUT2D eigenvalue weighted by molar-refractivity contribution is 7.17. The summed E-state index contributed by atoms with van der Waals surface area (Å²) in [6, 6.07) is 10.6. The number of carbonyl (C=O) groups excluding carboxylic acids is 2. The molecule has 1 heterocycles. The molecule has 6 nitrogen and oxygen atoms in total. The maximum atomic E-state index is 12.7. The van der Waals surface area contributed by atoms with Gasteiger partial charge in [-0.25, -0.2) is 4.79 Å². The zero-order valence-electron chi connectivity index (χ0n) is 19.9. The normalized spacial score (nSPS) is 12.4. The molecule has 1 aliphatic rings. The number of nitrogens with one attached hydrogen (secondary N) is 1. The van der Waals surface area contributed by atoms with E-state index in [1.54, 1.807) is 49.4 Å². The Morgan fingerprint density at radius 2 is 1.89 bits per heavy atom. The molecular formula is C27H25Cl2NO5S. The van der Waals surface area contributed by atoms with Crippen LogP contribution in [-0.2, 0) is 29.0 Å². The molecule has 4 rings (SSSR count). The van der Waals surface area contributed by atoms with Crippen molar-refractivity contribution in [2.45, 2.75) is 32.8 Å². The van der Waals surface area contributed by atoms with E-state index >= 15 is 0 Å². The molecule has 0 radical (unpaired) electrons. The first-order chi connectivity index (χ1) is 17.4. The number of aryl methyl sites for hydroxylation is 1. The van der Waals surface area contributed by atoms with E-state index in [-0.39, 0.29) is 19.1 Å². The van der Waals surface area contributed by atoms with Crippen LogP contribution in [0.2, 0.25) is 10.0 Å². The van der Waals surface area contributed by atoms with Crippen LogP contribution in [0.5, 0.6) is 11.5 Å². The van der Waals surface area contributed by atoms with Crippen LogP contribution >= 0.6 is 34.5 Å². The lowest BCUT2D eigenvalue weighted by atomic mass is 10.1. The van der Waals surface area contributed by atoms with Gasteiger partial charge in [0.1, 0.15) is 11.6 Å². The summed E-state index contributed by atoms with van der Waals surface area (Å²) < 4.78 is 16.6. The lowest BCUT2D eigenvalue weighted by Gasteiger charge is -2.13. The van der Waals surface area contributed by atoms with Crippen molar-refractivity contribution in [3.63, 3.8) is 0 Å². The first kappa shape index (κ1) is 26.1. The highest BCUT2D eigenvalue weighted by Gasteiger charge is 2.28. The van der Waals surface area contributed by atoms with Crippen LogP contribution in [0.15, 0.2) is 42.5 Å². The largest absolute Gasteiger partial charge is 0.493 e. The molecule has 0 saturated heterocycles. The number of benzene rings is 2. The van der Waals surface area contributed by atoms with Gasteiger partial charge in [-0.05, 0) is 67.7 Å². The van der Waals surface area contributed by atoms with Gasteiger partial charge in [-0.1, -0.05) is 35.3 Å². The van der Waals surface area contributed by atoms with Crippen molar-refractivity contribution in [1.82, 2.24) is 0 Å². The van der Waals surface area contributed by atoms with Crippen molar-refractivity contribution in [2.24, 2.45) is 0 Å². The molecule has 2 aromatic carbocycles. The Hall–Kier alpha value is -3.00. The van der Waals surface area contributed by atoms with E-state index in [0.717, 1.165) is 35.3 Å². The first-order valence-corrected chi connectivity index (χ1v) is 13.0. The van der Waals surface area contributed by atoms with Gasteiger partial charge in [0.05, 0.1) is 19.3 Å². The van der Waals surface area contributed by atoms with Gasteiger partial charge in [0.15, 0.2) is 11.5 Å². The summed E-state index contributed by atoms with van der Waals surface area (Å²) in [6.07, 6.45) is 5.82. The number of rotatable bonds is 9. The van der Waals surface area contributed by atoms with Crippen LogP contribution in [0, 0.1) is 0 Å². The number of ether oxygens (including phenoxy) is 3. The lowest BCUT2D eigenvalue weighted by molar-refractivity contribution is -0.111. The number of thiophene rings is 1. The van der Waals surface area contributed by atoms with E-state index in [0.29, 0.717) is 37.7 Å². The van der Waals surface area contributed by atoms with Gasteiger partial charge < -0.3 is 19.5 Å². The fraction of sp³-hybridized carbons (Fsp3) is 0.259. The SMILES string of the molecule is CCOC(=O)c1c(NC(=O)C=Cc2ccc(OCc3c(Cl)cccc3Cl)c(OC)c2)sc2c1CCC2. The highest BCUT2D eigenvalue weighted by atomic mass is 35.5. The highest BCUT2D eigenvalue weighted by Crippen LogP contribution is 2.39. The standard InChI is InChI=1S/C27H25Cl2NO5S/c1-3-34-27(32)25-17-6-4-9-23(17)36-26(25)30-24(31)13-11-16-10-12-21(22(14-16)33-2)35-15-18-19(28)7-5-8-20(18)29/h5,7-8,10-14H,3-4,6,9,15H2,1-2H3,(H,30,31). The van der Waals surface area contributed by atoms with Crippen LogP contribution in [0.1, 0.15) is 45.3 Å². The maximum absolute atomic E-state index is 12.7. The number of esters is 1. The molecule has 0 saturated carbocycles. The Labute approximate surface area is 223 Å². The van der Waals surface area contributed by atoms with Crippen LogP contribution in [0.3, 0.4) is 0 Å². The summed E-state index contributed by atoms with van der Waals surface area (Å²) in [5, 5.41) is 4.43. The topological polar surface area (TPSA) is 73.9 Å². The molecule has 3 aromatic rings. The fourth-order valence-corrected chi connectivity index (χ4v) is 5.75. The fourth-order valence-electron chi connectivity index (χ4n) is 3.96. The number of methoxy groups -OCH3 is 1. The number of fused-ring (bicyclic) bond motifs is 1. The van der Waals surface area contributed by atoms with Gasteiger partial charge in [-0.3, -0.25) is 4.79 Å². The van der Waals surface area contributed by atoms with Gasteiger partial charge in [-0.2, -0.15) is 0 Å². The van der Waals surface area contributed by atoms with Crippen LogP contribution in [-0.4, -0.2) is 25.6 Å². The third-order valence-electron chi connectivity index (χ3n) is 5.69. The summed E-state index contributed by atoms with van der Waals surface area (Å²) >= 11 is 13.9. The van der Waals surface area contributed by atoms with Gasteiger partial charge in [0, 0.05) is 26.6 Å². The van der Waals surface area contributed by atoms with Gasteiger partial charge in [-0.15, -0.1) is 11.3 Å².